The summed E-state index contributed by atoms with van der Waals surface area (Å²) in [4.78, 5) is 0. The molecule has 2 nitrogen and oxygen atoms in total. The first-order chi connectivity index (χ1) is 5.27. The highest BCUT2D eigenvalue weighted by molar-refractivity contribution is 6.32. The molecule has 0 aliphatic carbocycles. The van der Waals surface area contributed by atoms with E-state index in [-0.39, 0.29) is 7.85 Å². The summed E-state index contributed by atoms with van der Waals surface area (Å²) in [6.07, 6.45) is 0. The molecule has 0 atom stereocenters. The van der Waals surface area contributed by atoms with E-state index in [2.05, 4.69) is 12.1 Å². The van der Waals surface area contributed by atoms with E-state index < -0.39 is 0 Å². The second kappa shape index (κ2) is 3.33. The van der Waals surface area contributed by atoms with Crippen molar-refractivity contribution in [2.75, 3.05) is 14.2 Å². The molecule has 0 aliphatic heterocycles. The zero-order valence-electron chi connectivity index (χ0n) is 6.05. The minimum absolute atomic E-state index is 0.263. The van der Waals surface area contributed by atoms with Crippen molar-refractivity contribution in [3.05, 3.63) is 18.2 Å². The van der Waals surface area contributed by atoms with Crippen molar-refractivity contribution < 1.29 is 9.47 Å². The maximum Gasteiger partial charge on any atom is 0.160 e. The van der Waals surface area contributed by atoms with Crippen LogP contribution in [0.25, 0.3) is 0 Å². The maximum atomic E-state index is 5.13. The summed E-state index contributed by atoms with van der Waals surface area (Å²) < 4.78 is 10.2. The Labute approximate surface area is 67.5 Å². The van der Waals surface area contributed by atoms with Gasteiger partial charge >= 0.3 is 0 Å². The summed E-state index contributed by atoms with van der Waals surface area (Å²) in [5.74, 6) is 1.66. The molecule has 0 radical (unpaired) electrons. The van der Waals surface area contributed by atoms with Crippen LogP contribution in [-0.2, 0) is 0 Å². The Balaban J connectivity index is 3.06. The minimum atomic E-state index is 0.263. The maximum absolute atomic E-state index is 5.13. The fourth-order valence-electron chi connectivity index (χ4n) is 0.729. The lowest BCUT2D eigenvalue weighted by Crippen LogP contribution is -2.02. The third-order valence-corrected chi connectivity index (χ3v) is 1.23. The summed E-state index contributed by atoms with van der Waals surface area (Å²) in [6, 6.07) is 6.11. The van der Waals surface area contributed by atoms with Gasteiger partial charge in [-0.25, -0.2) is 5.46 Å². The Morgan fingerprint density at radius 2 is 1.73 bits per heavy atom. The van der Waals surface area contributed by atoms with Crippen LogP contribution >= 0.6 is 0 Å². The van der Waals surface area contributed by atoms with Crippen LogP contribution in [-0.4, -0.2) is 22.1 Å². The van der Waals surface area contributed by atoms with Gasteiger partial charge in [-0.15, -0.1) is 0 Å². The van der Waals surface area contributed by atoms with E-state index in [9.17, 15) is 0 Å². The van der Waals surface area contributed by atoms with Crippen LogP contribution in [0.1, 0.15) is 0 Å². The molecule has 1 aromatic carbocycles. The molecule has 0 aromatic heterocycles. The second-order valence-corrected chi connectivity index (χ2v) is 1.78. The van der Waals surface area contributed by atoms with Crippen LogP contribution < -0.4 is 14.9 Å². The summed E-state index contributed by atoms with van der Waals surface area (Å²) in [5, 5.41) is 0. The van der Waals surface area contributed by atoms with E-state index in [1.165, 1.54) is 5.46 Å². The number of hydrogen-bond donors (Lipinski definition) is 0. The number of hydrogen-bond acceptors (Lipinski definition) is 2. The van der Waals surface area contributed by atoms with Gasteiger partial charge in [0.1, 0.15) is 0 Å². The Kier molecular flexibility index (Phi) is 2.42. The standard InChI is InChI=1S/C8H12BO2/c1-10-7-4-3-6(9)5-8(7)11-2/h3-5H,1-2,9H3/q-1. The van der Waals surface area contributed by atoms with Crippen molar-refractivity contribution >= 4 is 13.3 Å². The molecule has 0 N–H and O–H groups in total. The molecule has 1 aromatic rings. The first-order valence-electron chi connectivity index (χ1n) is 2.96. The highest BCUT2D eigenvalue weighted by atomic mass is 16.5. The third kappa shape index (κ3) is 1.67. The summed E-state index contributed by atoms with van der Waals surface area (Å²) in [5.41, 5.74) is 1.42. The molecule has 0 aliphatic rings. The molecule has 0 heterocycles. The molecule has 1 rings (SSSR count). The Morgan fingerprint density at radius 1 is 1.09 bits per heavy atom. The molecule has 0 unspecified atom stereocenters. The lowest BCUT2D eigenvalue weighted by Gasteiger charge is -2.08. The Morgan fingerprint density at radius 3 is 2.27 bits per heavy atom. The van der Waals surface area contributed by atoms with Gasteiger partial charge in [-0.2, -0.15) is 0 Å². The molecular weight excluding hydrogens is 139 g/mol. The molecule has 60 valence electrons. The lowest BCUT2D eigenvalue weighted by molar-refractivity contribution is 0.355. The lowest BCUT2D eigenvalue weighted by atomic mass is 9.96. The third-order valence-electron chi connectivity index (χ3n) is 1.23. The molecule has 0 fully saturated rings. The zero-order chi connectivity index (χ0) is 8.27. The first-order valence-corrected chi connectivity index (χ1v) is 2.96. The van der Waals surface area contributed by atoms with Gasteiger partial charge in [0, 0.05) is 0 Å². The van der Waals surface area contributed by atoms with Crippen LogP contribution in [0.5, 0.6) is 11.5 Å². The van der Waals surface area contributed by atoms with Crippen LogP contribution in [0.2, 0.25) is 0 Å². The van der Waals surface area contributed by atoms with Crippen molar-refractivity contribution in [2.24, 2.45) is 0 Å². The Bertz CT molecular complexity index is 248. The van der Waals surface area contributed by atoms with E-state index in [0.29, 0.717) is 0 Å². The molecule has 0 saturated carbocycles. The average Bonchev–Trinajstić information content (AvgIpc) is 2.04. The summed E-state index contributed by atoms with van der Waals surface area (Å²) >= 11 is 0. The normalized spacial score (nSPS) is 9.36. The van der Waals surface area contributed by atoms with Crippen LogP contribution in [0.15, 0.2) is 18.2 Å². The Hall–Kier alpha value is -1.12. The molecule has 0 saturated heterocycles. The van der Waals surface area contributed by atoms with E-state index in [4.69, 9.17) is 9.47 Å². The SMILES string of the molecule is [BH3-]c1ccc(OC)c(OC)c1. The fraction of sp³-hybridized carbons (Fsp3) is 0.250. The van der Waals surface area contributed by atoms with Gasteiger partial charge in [0.05, 0.1) is 14.2 Å². The number of methoxy groups -OCH3 is 2. The van der Waals surface area contributed by atoms with E-state index in [0.717, 1.165) is 11.5 Å². The highest BCUT2D eigenvalue weighted by Crippen LogP contribution is 2.23. The van der Waals surface area contributed by atoms with Gasteiger partial charge in [-0.05, 0) is 13.9 Å². The average molecular weight is 151 g/mol. The predicted molar refractivity (Wildman–Crippen MR) is 49.1 cm³/mol. The molecular formula is C8H12BO2-. The molecule has 0 bridgehead atoms. The van der Waals surface area contributed by atoms with Crippen molar-refractivity contribution in [3.63, 3.8) is 0 Å². The monoisotopic (exact) mass is 151 g/mol. The smallest absolute Gasteiger partial charge is 0.160 e. The molecule has 11 heavy (non-hydrogen) atoms. The van der Waals surface area contributed by atoms with E-state index in [1.54, 1.807) is 14.2 Å². The van der Waals surface area contributed by atoms with Crippen LogP contribution in [0, 0.1) is 0 Å². The number of benzene rings is 1. The van der Waals surface area contributed by atoms with E-state index in [1.807, 2.05) is 6.07 Å². The van der Waals surface area contributed by atoms with Crippen LogP contribution in [0.3, 0.4) is 0 Å². The molecule has 0 spiro atoms. The van der Waals surface area contributed by atoms with E-state index >= 15 is 0 Å². The second-order valence-electron chi connectivity index (χ2n) is 1.78. The topological polar surface area (TPSA) is 18.5 Å². The van der Waals surface area contributed by atoms with Gasteiger partial charge in [0.25, 0.3) is 0 Å². The van der Waals surface area contributed by atoms with Crippen molar-refractivity contribution in [2.45, 2.75) is 0 Å². The molecule has 3 heteroatoms. The quantitative estimate of drug-likeness (QED) is 0.540. The predicted octanol–water partition coefficient (Wildman–Crippen LogP) is -0.306. The largest absolute Gasteiger partial charge is 0.493 e. The van der Waals surface area contributed by atoms with Gasteiger partial charge in [0.2, 0.25) is 0 Å². The fourth-order valence-corrected chi connectivity index (χ4v) is 0.729. The number of ether oxygens (including phenoxy) is 2. The molecule has 0 amide bonds. The van der Waals surface area contributed by atoms with Crippen molar-refractivity contribution in [3.8, 4) is 11.5 Å². The van der Waals surface area contributed by atoms with Gasteiger partial charge in [0.15, 0.2) is 11.5 Å². The zero-order valence-corrected chi connectivity index (χ0v) is 6.05. The highest BCUT2D eigenvalue weighted by Gasteiger charge is 1.98. The summed E-state index contributed by atoms with van der Waals surface area (Å²) in [6.45, 7) is 0. The summed E-state index contributed by atoms with van der Waals surface area (Å²) in [7, 11) is 3.58. The van der Waals surface area contributed by atoms with Gasteiger partial charge in [-0.3, -0.25) is 0 Å². The first kappa shape index (κ1) is 7.99. The number of rotatable bonds is 2. The van der Waals surface area contributed by atoms with Gasteiger partial charge < -0.3 is 9.47 Å². The van der Waals surface area contributed by atoms with Crippen molar-refractivity contribution in [1.82, 2.24) is 0 Å². The minimum Gasteiger partial charge on any atom is -0.493 e. The van der Waals surface area contributed by atoms with Crippen molar-refractivity contribution in [1.29, 1.82) is 0 Å². The van der Waals surface area contributed by atoms with Gasteiger partial charge in [-0.1, -0.05) is 12.1 Å². The van der Waals surface area contributed by atoms with Crippen LogP contribution in [0.4, 0.5) is 0 Å².